The molecule has 0 aliphatic rings. The molecule has 1 rings (SSSR count). The summed E-state index contributed by atoms with van der Waals surface area (Å²) in [5.41, 5.74) is 0.381. The first kappa shape index (κ1) is 12.0. The number of halogens is 1. The Morgan fingerprint density at radius 1 is 1.53 bits per heavy atom. The third-order valence-corrected chi connectivity index (χ3v) is 2.63. The zero-order valence-electron chi connectivity index (χ0n) is 8.75. The van der Waals surface area contributed by atoms with Gasteiger partial charge in [-0.15, -0.1) is 11.8 Å². The van der Waals surface area contributed by atoms with Gasteiger partial charge in [-0.25, -0.2) is 4.39 Å². The number of esters is 1. The summed E-state index contributed by atoms with van der Waals surface area (Å²) in [5.74, 6) is -0.747. The van der Waals surface area contributed by atoms with Gasteiger partial charge in [0.25, 0.3) is 0 Å². The van der Waals surface area contributed by atoms with Gasteiger partial charge in [-0.1, -0.05) is 6.07 Å². The molecule has 0 radical (unpaired) electrons. The van der Waals surface area contributed by atoms with Crippen molar-refractivity contribution in [2.24, 2.45) is 0 Å². The van der Waals surface area contributed by atoms with Gasteiger partial charge in [-0.05, 0) is 30.9 Å². The summed E-state index contributed by atoms with van der Waals surface area (Å²) in [6.45, 7) is 2.05. The average molecular weight is 228 g/mol. The minimum atomic E-state index is -0.395. The predicted molar refractivity (Wildman–Crippen MR) is 58.5 cm³/mol. The van der Waals surface area contributed by atoms with Crippen LogP contribution in [-0.2, 0) is 16.0 Å². The number of hydrogen-bond acceptors (Lipinski definition) is 3. The molecule has 0 heterocycles. The molecule has 0 spiro atoms. The fraction of sp³-hybridized carbons (Fsp3) is 0.364. The lowest BCUT2D eigenvalue weighted by molar-refractivity contribution is -0.142. The molecule has 0 unspecified atom stereocenters. The summed E-state index contributed by atoms with van der Waals surface area (Å²) >= 11 is 1.46. The molecular formula is C11H13FO2S. The van der Waals surface area contributed by atoms with Crippen molar-refractivity contribution in [3.8, 4) is 0 Å². The molecule has 15 heavy (non-hydrogen) atoms. The molecule has 0 saturated carbocycles. The lowest BCUT2D eigenvalue weighted by Crippen LogP contribution is -2.08. The number of thioether (sulfide) groups is 1. The Morgan fingerprint density at radius 3 is 2.80 bits per heavy atom. The highest BCUT2D eigenvalue weighted by molar-refractivity contribution is 7.98. The smallest absolute Gasteiger partial charge is 0.310 e. The molecule has 0 aliphatic carbocycles. The molecule has 0 aliphatic heterocycles. The topological polar surface area (TPSA) is 26.3 Å². The van der Waals surface area contributed by atoms with Crippen molar-refractivity contribution in [3.63, 3.8) is 0 Å². The Morgan fingerprint density at radius 2 is 2.27 bits per heavy atom. The molecule has 0 bridgehead atoms. The molecule has 2 nitrogen and oxygen atoms in total. The number of carbonyl (C=O) groups excluding carboxylic acids is 1. The zero-order chi connectivity index (χ0) is 11.3. The van der Waals surface area contributed by atoms with Crippen molar-refractivity contribution in [1.29, 1.82) is 0 Å². The second-order valence-electron chi connectivity index (χ2n) is 2.94. The van der Waals surface area contributed by atoms with Crippen LogP contribution in [-0.4, -0.2) is 18.8 Å². The van der Waals surface area contributed by atoms with Crippen LogP contribution in [0, 0.1) is 5.82 Å². The zero-order valence-corrected chi connectivity index (χ0v) is 9.57. The van der Waals surface area contributed by atoms with E-state index in [9.17, 15) is 9.18 Å². The molecule has 0 fully saturated rings. The normalized spacial score (nSPS) is 10.1. The van der Waals surface area contributed by atoms with Gasteiger partial charge < -0.3 is 4.74 Å². The average Bonchev–Trinajstić information content (AvgIpc) is 2.21. The van der Waals surface area contributed by atoms with Crippen molar-refractivity contribution in [2.45, 2.75) is 18.2 Å². The van der Waals surface area contributed by atoms with Gasteiger partial charge >= 0.3 is 5.97 Å². The van der Waals surface area contributed by atoms with Crippen LogP contribution < -0.4 is 0 Å². The largest absolute Gasteiger partial charge is 0.466 e. The molecule has 4 heteroatoms. The second-order valence-corrected chi connectivity index (χ2v) is 3.82. The van der Waals surface area contributed by atoms with E-state index in [1.165, 1.54) is 17.8 Å². The third kappa shape index (κ3) is 3.55. The quantitative estimate of drug-likeness (QED) is 0.585. The van der Waals surface area contributed by atoms with Crippen LogP contribution in [0.15, 0.2) is 23.1 Å². The van der Waals surface area contributed by atoms with Crippen LogP contribution in [0.25, 0.3) is 0 Å². The van der Waals surface area contributed by atoms with Gasteiger partial charge in [0.1, 0.15) is 5.82 Å². The molecular weight excluding hydrogens is 215 g/mol. The molecule has 82 valence electrons. The fourth-order valence-electron chi connectivity index (χ4n) is 1.17. The molecule has 1 aromatic carbocycles. The maximum Gasteiger partial charge on any atom is 0.310 e. The minimum Gasteiger partial charge on any atom is -0.466 e. The summed E-state index contributed by atoms with van der Waals surface area (Å²) in [6, 6.07) is 4.85. The number of rotatable bonds is 4. The predicted octanol–water partition coefficient (Wildman–Crippen LogP) is 2.65. The van der Waals surface area contributed by atoms with E-state index < -0.39 is 5.97 Å². The molecule has 0 atom stereocenters. The van der Waals surface area contributed by atoms with E-state index in [-0.39, 0.29) is 12.2 Å². The summed E-state index contributed by atoms with van der Waals surface area (Å²) in [5, 5.41) is 0. The first-order valence-electron chi connectivity index (χ1n) is 4.65. The second kappa shape index (κ2) is 5.75. The SMILES string of the molecule is CCOC(=O)Cc1ccc(SC)cc1F. The maximum atomic E-state index is 13.4. The highest BCUT2D eigenvalue weighted by atomic mass is 32.2. The van der Waals surface area contributed by atoms with E-state index in [1.54, 1.807) is 19.1 Å². The first-order valence-corrected chi connectivity index (χ1v) is 5.88. The molecule has 0 N–H and O–H groups in total. The van der Waals surface area contributed by atoms with Crippen molar-refractivity contribution in [2.75, 3.05) is 12.9 Å². The van der Waals surface area contributed by atoms with Crippen LogP contribution in [0.3, 0.4) is 0 Å². The van der Waals surface area contributed by atoms with Crippen molar-refractivity contribution in [3.05, 3.63) is 29.6 Å². The van der Waals surface area contributed by atoms with Gasteiger partial charge in [0.2, 0.25) is 0 Å². The third-order valence-electron chi connectivity index (χ3n) is 1.90. The minimum absolute atomic E-state index is 0.00562. The number of hydrogen-bond donors (Lipinski definition) is 0. The Bertz CT molecular complexity index is 352. The monoisotopic (exact) mass is 228 g/mol. The van der Waals surface area contributed by atoms with Crippen molar-refractivity contribution in [1.82, 2.24) is 0 Å². The fourth-order valence-corrected chi connectivity index (χ4v) is 1.59. The van der Waals surface area contributed by atoms with Crippen LogP contribution in [0.1, 0.15) is 12.5 Å². The lowest BCUT2D eigenvalue weighted by Gasteiger charge is -2.04. The van der Waals surface area contributed by atoms with E-state index in [1.807, 2.05) is 6.26 Å². The summed E-state index contributed by atoms with van der Waals surface area (Å²) in [6.07, 6.45) is 1.87. The van der Waals surface area contributed by atoms with Crippen molar-refractivity contribution < 1.29 is 13.9 Å². The van der Waals surface area contributed by atoms with Gasteiger partial charge in [-0.2, -0.15) is 0 Å². The summed E-state index contributed by atoms with van der Waals surface area (Å²) in [4.78, 5) is 12.0. The van der Waals surface area contributed by atoms with Gasteiger partial charge in [0, 0.05) is 4.90 Å². The molecule has 0 saturated heterocycles. The number of benzene rings is 1. The van der Waals surface area contributed by atoms with Gasteiger partial charge in [0.05, 0.1) is 13.0 Å². The summed E-state index contributed by atoms with van der Waals surface area (Å²) in [7, 11) is 0. The summed E-state index contributed by atoms with van der Waals surface area (Å²) < 4.78 is 18.2. The molecule has 0 aromatic heterocycles. The highest BCUT2D eigenvalue weighted by Gasteiger charge is 2.09. The van der Waals surface area contributed by atoms with E-state index in [2.05, 4.69) is 0 Å². The van der Waals surface area contributed by atoms with Crippen molar-refractivity contribution >= 4 is 17.7 Å². The van der Waals surface area contributed by atoms with E-state index in [4.69, 9.17) is 4.74 Å². The molecule has 1 aromatic rings. The molecule has 0 amide bonds. The van der Waals surface area contributed by atoms with Gasteiger partial charge in [-0.3, -0.25) is 4.79 Å². The van der Waals surface area contributed by atoms with Crippen LogP contribution in [0.4, 0.5) is 4.39 Å². The first-order chi connectivity index (χ1) is 7.17. The number of carbonyl (C=O) groups is 1. The van der Waals surface area contributed by atoms with Crippen LogP contribution in [0.2, 0.25) is 0 Å². The van der Waals surface area contributed by atoms with Crippen LogP contribution >= 0.6 is 11.8 Å². The van der Waals surface area contributed by atoms with E-state index >= 15 is 0 Å². The number of ether oxygens (including phenoxy) is 1. The van der Waals surface area contributed by atoms with E-state index in [0.717, 1.165) is 4.90 Å². The Balaban J connectivity index is 2.73. The lowest BCUT2D eigenvalue weighted by atomic mass is 10.1. The standard InChI is InChI=1S/C11H13FO2S/c1-3-14-11(13)6-8-4-5-9(15-2)7-10(8)12/h4-5,7H,3,6H2,1-2H3. The Kier molecular flexibility index (Phi) is 4.62. The van der Waals surface area contributed by atoms with Crippen LogP contribution in [0.5, 0.6) is 0 Å². The highest BCUT2D eigenvalue weighted by Crippen LogP contribution is 2.18. The van der Waals surface area contributed by atoms with E-state index in [0.29, 0.717) is 12.2 Å². The maximum absolute atomic E-state index is 13.4. The Hall–Kier alpha value is -1.03. The van der Waals surface area contributed by atoms with Gasteiger partial charge in [0.15, 0.2) is 0 Å². The Labute approximate surface area is 92.8 Å².